The SMILES string of the molecule is COc1ccccc1N1C[C@@]23C=C[C@@H](O2)[C@@H](C(=O)Nc2ccc(OC(F)(F)F)cc2)[C@@H]3C1=O. The second-order valence-corrected chi connectivity index (χ2v) is 8.06. The molecule has 1 spiro atoms. The molecule has 3 aliphatic rings. The van der Waals surface area contributed by atoms with E-state index in [9.17, 15) is 22.8 Å². The number of hydrogen-bond donors (Lipinski definition) is 1. The normalized spacial score (nSPS) is 27.6. The van der Waals surface area contributed by atoms with E-state index >= 15 is 0 Å². The molecule has 3 aliphatic heterocycles. The monoisotopic (exact) mass is 460 g/mol. The third kappa shape index (κ3) is 3.60. The second-order valence-electron chi connectivity index (χ2n) is 8.06. The van der Waals surface area contributed by atoms with Gasteiger partial charge in [0, 0.05) is 5.69 Å². The summed E-state index contributed by atoms with van der Waals surface area (Å²) in [5.74, 6) is -2.08. The summed E-state index contributed by atoms with van der Waals surface area (Å²) in [4.78, 5) is 28.1. The summed E-state index contributed by atoms with van der Waals surface area (Å²) in [5.41, 5.74) is -0.0503. The first-order chi connectivity index (χ1) is 15.7. The summed E-state index contributed by atoms with van der Waals surface area (Å²) in [6.07, 6.45) is -1.75. The van der Waals surface area contributed by atoms with Crippen LogP contribution in [0.2, 0.25) is 0 Å². The number of carbonyl (C=O) groups excluding carboxylic acids is 2. The van der Waals surface area contributed by atoms with E-state index in [1.165, 1.54) is 19.2 Å². The van der Waals surface area contributed by atoms with Crippen molar-refractivity contribution in [3.8, 4) is 11.5 Å². The van der Waals surface area contributed by atoms with Crippen LogP contribution in [0.25, 0.3) is 0 Å². The van der Waals surface area contributed by atoms with Crippen molar-refractivity contribution in [2.75, 3.05) is 23.9 Å². The predicted octanol–water partition coefficient (Wildman–Crippen LogP) is 3.52. The Morgan fingerprint density at radius 3 is 2.61 bits per heavy atom. The van der Waals surface area contributed by atoms with Crippen molar-refractivity contribution in [1.29, 1.82) is 0 Å². The molecule has 7 nitrogen and oxygen atoms in total. The number of benzene rings is 2. The molecule has 1 N–H and O–H groups in total. The fourth-order valence-electron chi connectivity index (χ4n) is 4.82. The maximum Gasteiger partial charge on any atom is 0.573 e. The number of halogens is 3. The highest BCUT2D eigenvalue weighted by Crippen LogP contribution is 2.53. The highest BCUT2D eigenvalue weighted by molar-refractivity contribution is 6.06. The van der Waals surface area contributed by atoms with Crippen LogP contribution in [0.15, 0.2) is 60.7 Å². The fraction of sp³-hybridized carbons (Fsp3) is 0.304. The van der Waals surface area contributed by atoms with E-state index in [1.54, 1.807) is 35.2 Å². The Morgan fingerprint density at radius 1 is 1.18 bits per heavy atom. The number of amides is 2. The van der Waals surface area contributed by atoms with Crippen molar-refractivity contribution in [1.82, 2.24) is 0 Å². The Hall–Kier alpha value is -3.53. The lowest BCUT2D eigenvalue weighted by molar-refractivity contribution is -0.274. The quantitative estimate of drug-likeness (QED) is 0.691. The van der Waals surface area contributed by atoms with Gasteiger partial charge in [0.1, 0.15) is 17.1 Å². The van der Waals surface area contributed by atoms with Crippen molar-refractivity contribution < 1.29 is 37.0 Å². The molecule has 3 heterocycles. The number of nitrogens with one attached hydrogen (secondary N) is 1. The molecule has 2 aromatic carbocycles. The molecule has 0 unspecified atom stereocenters. The Balaban J connectivity index is 1.36. The highest BCUT2D eigenvalue weighted by Gasteiger charge is 2.67. The topological polar surface area (TPSA) is 77.1 Å². The minimum absolute atomic E-state index is 0.247. The van der Waals surface area contributed by atoms with Gasteiger partial charge in [-0.2, -0.15) is 0 Å². The third-order valence-electron chi connectivity index (χ3n) is 6.13. The van der Waals surface area contributed by atoms with Crippen molar-refractivity contribution in [2.24, 2.45) is 11.8 Å². The smallest absolute Gasteiger partial charge is 0.495 e. The van der Waals surface area contributed by atoms with Crippen LogP contribution in [0, 0.1) is 11.8 Å². The molecule has 0 radical (unpaired) electrons. The van der Waals surface area contributed by atoms with Crippen molar-refractivity contribution in [3.05, 3.63) is 60.7 Å². The van der Waals surface area contributed by atoms with E-state index in [0.29, 0.717) is 11.4 Å². The molecule has 172 valence electrons. The molecular weight excluding hydrogens is 441 g/mol. The van der Waals surface area contributed by atoms with Gasteiger partial charge in [0.05, 0.1) is 37.3 Å². The Labute approximate surface area is 186 Å². The molecule has 4 atom stereocenters. The summed E-state index contributed by atoms with van der Waals surface area (Å²) in [5, 5.41) is 2.68. The molecule has 2 amide bonds. The van der Waals surface area contributed by atoms with Crippen LogP contribution < -0.4 is 19.7 Å². The van der Waals surface area contributed by atoms with Crippen LogP contribution >= 0.6 is 0 Å². The number of ether oxygens (including phenoxy) is 3. The summed E-state index contributed by atoms with van der Waals surface area (Å²) in [6.45, 7) is 0.247. The number of nitrogens with zero attached hydrogens (tertiary/aromatic N) is 1. The summed E-state index contributed by atoms with van der Waals surface area (Å²) in [7, 11) is 1.52. The number of para-hydroxylation sites is 2. The first kappa shape index (κ1) is 21.3. The van der Waals surface area contributed by atoms with Gasteiger partial charge in [-0.3, -0.25) is 9.59 Å². The molecule has 10 heteroatoms. The number of rotatable bonds is 5. The molecule has 2 saturated heterocycles. The lowest BCUT2D eigenvalue weighted by Crippen LogP contribution is -2.41. The van der Waals surface area contributed by atoms with E-state index < -0.39 is 41.6 Å². The molecule has 33 heavy (non-hydrogen) atoms. The molecule has 0 aliphatic carbocycles. The fourth-order valence-corrected chi connectivity index (χ4v) is 4.82. The molecule has 2 aromatic rings. The van der Waals surface area contributed by atoms with E-state index in [-0.39, 0.29) is 18.1 Å². The van der Waals surface area contributed by atoms with Crippen molar-refractivity contribution in [2.45, 2.75) is 18.1 Å². The molecular formula is C23H19F3N2O5. The van der Waals surface area contributed by atoms with Gasteiger partial charge < -0.3 is 24.4 Å². The minimum atomic E-state index is -4.80. The lowest BCUT2D eigenvalue weighted by Gasteiger charge is -2.23. The zero-order valence-corrected chi connectivity index (χ0v) is 17.3. The minimum Gasteiger partial charge on any atom is -0.495 e. The summed E-state index contributed by atoms with van der Waals surface area (Å²) < 4.78 is 52.4. The van der Waals surface area contributed by atoms with Crippen molar-refractivity contribution >= 4 is 23.2 Å². The van der Waals surface area contributed by atoms with Gasteiger partial charge in [0.2, 0.25) is 11.8 Å². The number of anilines is 2. The Morgan fingerprint density at radius 2 is 1.91 bits per heavy atom. The average molecular weight is 460 g/mol. The van der Waals surface area contributed by atoms with Gasteiger partial charge in [-0.1, -0.05) is 24.3 Å². The summed E-state index contributed by atoms with van der Waals surface area (Å²) in [6, 6.07) is 11.9. The molecule has 0 saturated carbocycles. The zero-order chi connectivity index (χ0) is 23.4. The zero-order valence-electron chi connectivity index (χ0n) is 17.3. The van der Waals surface area contributed by atoms with E-state index in [2.05, 4.69) is 10.1 Å². The number of hydrogen-bond acceptors (Lipinski definition) is 5. The van der Waals surface area contributed by atoms with E-state index in [1.807, 2.05) is 6.08 Å². The standard InChI is InChI=1S/C23H19F3N2O5/c1-31-16-5-3-2-4-15(16)28-12-22-11-10-17(33-22)18(19(22)21(28)30)20(29)27-13-6-8-14(9-7-13)32-23(24,25)26/h2-11,17-19H,12H2,1H3,(H,27,29)/t17-,18-,19-,22-/m1/s1. The van der Waals surface area contributed by atoms with Gasteiger partial charge in [-0.25, -0.2) is 0 Å². The largest absolute Gasteiger partial charge is 0.573 e. The average Bonchev–Trinajstić information content (AvgIpc) is 3.42. The Bertz CT molecular complexity index is 1130. The van der Waals surface area contributed by atoms with Gasteiger partial charge >= 0.3 is 6.36 Å². The van der Waals surface area contributed by atoms with Crippen LogP contribution in [-0.2, 0) is 14.3 Å². The van der Waals surface area contributed by atoms with Gasteiger partial charge in [-0.05, 0) is 36.4 Å². The first-order valence-corrected chi connectivity index (χ1v) is 10.2. The van der Waals surface area contributed by atoms with Crippen LogP contribution in [0.5, 0.6) is 11.5 Å². The van der Waals surface area contributed by atoms with Gasteiger partial charge in [-0.15, -0.1) is 13.2 Å². The maximum absolute atomic E-state index is 13.4. The van der Waals surface area contributed by atoms with Gasteiger partial charge in [0.25, 0.3) is 0 Å². The van der Waals surface area contributed by atoms with Crippen LogP contribution in [0.3, 0.4) is 0 Å². The van der Waals surface area contributed by atoms with E-state index in [4.69, 9.17) is 9.47 Å². The Kier molecular flexibility index (Phi) is 4.86. The molecule has 0 aromatic heterocycles. The van der Waals surface area contributed by atoms with Crippen LogP contribution in [0.1, 0.15) is 0 Å². The van der Waals surface area contributed by atoms with Gasteiger partial charge in [0.15, 0.2) is 0 Å². The van der Waals surface area contributed by atoms with Crippen LogP contribution in [0.4, 0.5) is 24.5 Å². The molecule has 2 bridgehead atoms. The van der Waals surface area contributed by atoms with Crippen LogP contribution in [-0.4, -0.2) is 43.5 Å². The number of alkyl halides is 3. The lowest BCUT2D eigenvalue weighted by atomic mass is 9.77. The van der Waals surface area contributed by atoms with Crippen molar-refractivity contribution in [3.63, 3.8) is 0 Å². The predicted molar refractivity (Wildman–Crippen MR) is 111 cm³/mol. The number of methoxy groups -OCH3 is 1. The molecule has 2 fully saturated rings. The maximum atomic E-state index is 13.4. The van der Waals surface area contributed by atoms with E-state index in [0.717, 1.165) is 12.1 Å². The third-order valence-corrected chi connectivity index (χ3v) is 6.13. The number of carbonyl (C=O) groups is 2. The first-order valence-electron chi connectivity index (χ1n) is 10.2. The molecule has 5 rings (SSSR count). The highest BCUT2D eigenvalue weighted by atomic mass is 19.4. The number of fused-ring (bicyclic) bond motifs is 1. The summed E-state index contributed by atoms with van der Waals surface area (Å²) >= 11 is 0. The second kappa shape index (κ2) is 7.51.